The number of nitrogens with one attached hydrogen (secondary N) is 1. The fourth-order valence-electron chi connectivity index (χ4n) is 0.0278. The third-order valence-electron chi connectivity index (χ3n) is 0.271. The molecular weight excluding hydrogens is 202 g/mol. The standard InChI is InChI=1S/K.Mg.H5N2O3PS.3H/c;;1-5-7(3,4)2-6;;;/h;;2H,1,6H2;;;/q+1;+2;;3*-1. The summed E-state index contributed by atoms with van der Waals surface area (Å²) in [5.41, 5.74) is 0. The van der Waals surface area contributed by atoms with Crippen molar-refractivity contribution in [1.82, 2.24) is 4.49 Å². The van der Waals surface area contributed by atoms with E-state index in [0.717, 1.165) is 0 Å². The van der Waals surface area contributed by atoms with E-state index in [2.05, 4.69) is 10.2 Å². The van der Waals surface area contributed by atoms with Crippen LogP contribution in [0.1, 0.15) is 4.28 Å². The second kappa shape index (κ2) is 8.76. The van der Waals surface area contributed by atoms with E-state index < -0.39 is 10.3 Å². The molecule has 0 aliphatic carbocycles. The molecule has 0 aromatic carbocycles. The third-order valence-corrected chi connectivity index (χ3v) is 1.68. The molecule has 1 atom stereocenters. The number of nitrogens with two attached hydrogens (primary N) is 1. The maximum absolute atomic E-state index is 9.89. The average molecular weight is 211 g/mol. The Morgan fingerprint density at radius 2 is 2.00 bits per heavy atom. The third kappa shape index (κ3) is 10.7. The van der Waals surface area contributed by atoms with Crippen molar-refractivity contribution < 1.29 is 68.4 Å². The Hall–Kier alpha value is 2.66. The first-order valence-corrected chi connectivity index (χ1v) is 3.21. The van der Waals surface area contributed by atoms with E-state index in [0.29, 0.717) is 0 Å². The molecule has 0 rings (SSSR count). The average Bonchev–Trinajstić information content (AvgIpc) is 1.68. The molecule has 0 spiro atoms. The molecule has 0 saturated carbocycles. The first kappa shape index (κ1) is 17.7. The molecular formula is H8KMgN2O3PS. The van der Waals surface area contributed by atoms with Crippen molar-refractivity contribution in [2.24, 2.45) is 5.90 Å². The van der Waals surface area contributed by atoms with Crippen LogP contribution in [0.5, 0.6) is 0 Å². The van der Waals surface area contributed by atoms with Crippen LogP contribution in [-0.2, 0) is 14.6 Å². The smallest absolute Gasteiger partial charge is 1.00 e. The van der Waals surface area contributed by atoms with Gasteiger partial charge in [0.1, 0.15) is 0 Å². The van der Waals surface area contributed by atoms with Crippen molar-refractivity contribution in [2.75, 3.05) is 0 Å². The molecule has 0 radical (unpaired) electrons. The zero-order valence-corrected chi connectivity index (χ0v) is 11.5. The molecule has 0 heterocycles. The molecule has 1 unspecified atom stereocenters. The van der Waals surface area contributed by atoms with Crippen LogP contribution in [0.15, 0.2) is 0 Å². The van der Waals surface area contributed by atoms with Gasteiger partial charge in [-0.1, -0.05) is 0 Å². The van der Waals surface area contributed by atoms with Crippen molar-refractivity contribution in [3.05, 3.63) is 0 Å². The number of rotatable bonds is 2. The zero-order chi connectivity index (χ0) is 5.91. The van der Waals surface area contributed by atoms with Gasteiger partial charge in [-0.3, -0.25) is 0 Å². The van der Waals surface area contributed by atoms with Crippen LogP contribution in [-0.4, -0.2) is 31.5 Å². The van der Waals surface area contributed by atoms with E-state index in [-0.39, 0.29) is 78.7 Å². The van der Waals surface area contributed by atoms with Crippen molar-refractivity contribution in [3.63, 3.8) is 0 Å². The van der Waals surface area contributed by atoms with Crippen molar-refractivity contribution in [1.29, 1.82) is 0 Å². The fourth-order valence-corrected chi connectivity index (χ4v) is 0.250. The summed E-state index contributed by atoms with van der Waals surface area (Å²) in [5.74, 6) is 4.25. The minimum atomic E-state index is -3.67. The van der Waals surface area contributed by atoms with Crippen LogP contribution < -0.4 is 61.8 Å². The van der Waals surface area contributed by atoms with Gasteiger partial charge in [-0.05, 0) is 9.39 Å². The summed E-state index contributed by atoms with van der Waals surface area (Å²) in [6.07, 6.45) is 0. The summed E-state index contributed by atoms with van der Waals surface area (Å²) in [5, 5.41) is 0. The van der Waals surface area contributed by atoms with Crippen LogP contribution in [0.4, 0.5) is 0 Å². The Labute approximate surface area is 119 Å². The summed E-state index contributed by atoms with van der Waals surface area (Å²) >= 11 is 0. The molecule has 0 fully saturated rings. The van der Waals surface area contributed by atoms with Gasteiger partial charge in [0, 0.05) is 0 Å². The van der Waals surface area contributed by atoms with Crippen LogP contribution in [0.3, 0.4) is 0 Å². The second-order valence-electron chi connectivity index (χ2n) is 0.668. The van der Waals surface area contributed by atoms with E-state index in [1.807, 2.05) is 0 Å². The quantitative estimate of drug-likeness (QED) is 0.273. The normalized spacial score (nSPS) is 9.11. The largest absolute Gasteiger partial charge is 2.00 e. The van der Waals surface area contributed by atoms with Gasteiger partial charge in [-0.25, -0.2) is 0 Å². The molecule has 0 amide bonds. The summed E-state index contributed by atoms with van der Waals surface area (Å²) in [6, 6.07) is 0. The summed E-state index contributed by atoms with van der Waals surface area (Å²) in [7, 11) is -1.94. The summed E-state index contributed by atoms with van der Waals surface area (Å²) in [6.45, 7) is 0. The minimum absolute atomic E-state index is 0. The van der Waals surface area contributed by atoms with Gasteiger partial charge in [-0.2, -0.15) is 23.1 Å². The van der Waals surface area contributed by atoms with Crippen molar-refractivity contribution >= 4 is 42.7 Å². The van der Waals surface area contributed by atoms with Crippen LogP contribution >= 0.6 is 9.39 Å². The maximum Gasteiger partial charge on any atom is 2.00 e. The Morgan fingerprint density at radius 3 is 2.00 bits per heavy atom. The van der Waals surface area contributed by atoms with E-state index in [9.17, 15) is 8.42 Å². The number of hydrogen-bond acceptors (Lipinski definition) is 4. The second-order valence-corrected chi connectivity index (χ2v) is 2.71. The van der Waals surface area contributed by atoms with Gasteiger partial charge in [0.15, 0.2) is 0 Å². The first-order valence-electron chi connectivity index (χ1n) is 1.23. The Balaban J connectivity index is -0.0000000180. The molecule has 9 heteroatoms. The van der Waals surface area contributed by atoms with E-state index in [1.54, 1.807) is 13.9 Å². The SMILES string of the molecule is NOS(=O)(=O)NP.[H-].[H-].[H-].[K+].[Mg+2]. The van der Waals surface area contributed by atoms with Crippen LogP contribution in [0.2, 0.25) is 0 Å². The fraction of sp³-hybridized carbons (Fsp3) is 0. The molecule has 0 aromatic heterocycles. The van der Waals surface area contributed by atoms with Gasteiger partial charge in [-0.15, -0.1) is 0 Å². The van der Waals surface area contributed by atoms with Crippen LogP contribution in [0.25, 0.3) is 0 Å². The van der Waals surface area contributed by atoms with E-state index >= 15 is 0 Å². The molecule has 0 aromatic rings. The van der Waals surface area contributed by atoms with Gasteiger partial charge < -0.3 is 4.28 Å². The maximum atomic E-state index is 9.89. The first-order chi connectivity index (χ1) is 3.12. The van der Waals surface area contributed by atoms with E-state index in [4.69, 9.17) is 0 Å². The molecule has 9 heavy (non-hydrogen) atoms. The Kier molecular flexibility index (Phi) is 17.2. The molecule has 0 aliphatic rings. The Bertz CT molecular complexity index is 134. The van der Waals surface area contributed by atoms with Gasteiger partial charge in [0.2, 0.25) is 0 Å². The minimum Gasteiger partial charge on any atom is -1.00 e. The van der Waals surface area contributed by atoms with Crippen LogP contribution in [0, 0.1) is 0 Å². The van der Waals surface area contributed by atoms with E-state index in [1.165, 1.54) is 0 Å². The molecule has 0 aliphatic heterocycles. The Morgan fingerprint density at radius 1 is 1.67 bits per heavy atom. The molecule has 0 saturated heterocycles. The van der Waals surface area contributed by atoms with Gasteiger partial charge >= 0.3 is 84.7 Å². The zero-order valence-electron chi connectivity index (χ0n) is 7.99. The number of hydrogen-bond donors (Lipinski definition) is 2. The summed E-state index contributed by atoms with van der Waals surface area (Å²) < 4.78 is 24.9. The monoisotopic (exact) mass is 210 g/mol. The molecule has 50 valence electrons. The van der Waals surface area contributed by atoms with Gasteiger partial charge in [0.25, 0.3) is 0 Å². The topological polar surface area (TPSA) is 81.4 Å². The molecule has 3 N–H and O–H groups in total. The molecule has 0 bridgehead atoms. The summed E-state index contributed by atoms with van der Waals surface area (Å²) in [4.78, 5) is 0. The predicted octanol–water partition coefficient (Wildman–Crippen LogP) is -4.54. The molecule has 5 nitrogen and oxygen atoms in total. The van der Waals surface area contributed by atoms with Gasteiger partial charge in [0.05, 0.1) is 0 Å². The predicted molar refractivity (Wildman–Crippen MR) is 36.1 cm³/mol. The van der Waals surface area contributed by atoms with Crippen molar-refractivity contribution in [3.8, 4) is 0 Å². The van der Waals surface area contributed by atoms with Crippen molar-refractivity contribution in [2.45, 2.75) is 0 Å².